The molecule has 6 heterocycles. The van der Waals surface area contributed by atoms with Crippen molar-refractivity contribution in [3.63, 3.8) is 0 Å². The second-order valence-electron chi connectivity index (χ2n) is 9.79. The average molecular weight is 435 g/mol. The highest BCUT2D eigenvalue weighted by Gasteiger charge is 2.92. The van der Waals surface area contributed by atoms with Gasteiger partial charge in [-0.05, 0) is 49.1 Å². The zero-order valence-electron chi connectivity index (χ0n) is 18.0. The lowest BCUT2D eigenvalue weighted by molar-refractivity contribution is -0.00252. The van der Waals surface area contributed by atoms with Gasteiger partial charge >= 0.3 is 0 Å². The van der Waals surface area contributed by atoms with E-state index in [0.717, 1.165) is 51.2 Å². The van der Waals surface area contributed by atoms with Crippen LogP contribution in [0.25, 0.3) is 27.1 Å². The van der Waals surface area contributed by atoms with Crippen molar-refractivity contribution in [2.45, 2.75) is 44.5 Å². The third kappa shape index (κ3) is 2.14. The molecule has 7 nitrogen and oxygen atoms in total. The van der Waals surface area contributed by atoms with Crippen LogP contribution in [0.1, 0.15) is 42.0 Å². The predicted molar refractivity (Wildman–Crippen MR) is 121 cm³/mol. The quantitative estimate of drug-likeness (QED) is 0.420. The van der Waals surface area contributed by atoms with Crippen molar-refractivity contribution in [2.75, 3.05) is 13.6 Å². The van der Waals surface area contributed by atoms with Gasteiger partial charge in [0.05, 0.1) is 20.8 Å². The number of aryl methyl sites for hydroxylation is 1. The smallest absolute Gasteiger partial charge is 0.158 e. The summed E-state index contributed by atoms with van der Waals surface area (Å²) in [5.41, 5.74) is 6.86. The molecule has 4 aromatic heterocycles. The summed E-state index contributed by atoms with van der Waals surface area (Å²) in [4.78, 5) is 11.2. The van der Waals surface area contributed by atoms with Gasteiger partial charge in [0.15, 0.2) is 5.65 Å². The fourth-order valence-corrected chi connectivity index (χ4v) is 7.71. The van der Waals surface area contributed by atoms with Gasteiger partial charge in [-0.1, -0.05) is 13.8 Å². The summed E-state index contributed by atoms with van der Waals surface area (Å²) in [6.07, 6.45) is 3.08. The molecule has 4 aliphatic rings. The second-order valence-corrected chi connectivity index (χ2v) is 10.9. The SMILES string of the molecule is Cc1cc(-c2[nH]c3cc(C(O)N(C)[C@]45C6NC[C@@H]4[C@H]65)sc3c2C(C)C)cn2ncnc12. The third-order valence-corrected chi connectivity index (χ3v) is 9.15. The molecule has 160 valence electrons. The van der Waals surface area contributed by atoms with Gasteiger partial charge in [-0.15, -0.1) is 11.3 Å². The number of piperidine rings is 1. The zero-order chi connectivity index (χ0) is 21.2. The van der Waals surface area contributed by atoms with E-state index in [1.54, 1.807) is 17.7 Å². The standard InChI is InChI=1S/C23H26N6OS/c1-10(2)16-18(12-5-11(3)21-25-9-26-29(21)8-12)27-14-6-15(31-19(14)16)22(30)28(4)23-13-7-24-20(23)17(13)23/h5-6,8-10,13,17,20,22,24,27,30H,7H2,1-4H3/t13-,17-,20?,22?,23-/m1/s1. The Bertz CT molecular complexity index is 1340. The van der Waals surface area contributed by atoms with Crippen LogP contribution >= 0.6 is 11.3 Å². The Morgan fingerprint density at radius 2 is 2.19 bits per heavy atom. The summed E-state index contributed by atoms with van der Waals surface area (Å²) in [6.45, 7) is 7.64. The van der Waals surface area contributed by atoms with Crippen molar-refractivity contribution >= 4 is 27.2 Å². The molecule has 2 saturated carbocycles. The van der Waals surface area contributed by atoms with Crippen molar-refractivity contribution in [3.05, 3.63) is 40.7 Å². The number of pyridine rings is 1. The number of rotatable bonds is 5. The summed E-state index contributed by atoms with van der Waals surface area (Å²) in [6, 6.07) is 4.91. The first-order valence-electron chi connectivity index (χ1n) is 11.0. The Labute approximate surface area is 184 Å². The molecule has 31 heavy (non-hydrogen) atoms. The molecule has 4 fully saturated rings. The molecule has 3 N–H and O–H groups in total. The highest BCUT2D eigenvalue weighted by Crippen LogP contribution is 2.78. The Morgan fingerprint density at radius 1 is 1.35 bits per heavy atom. The van der Waals surface area contributed by atoms with Gasteiger partial charge in [-0.2, -0.15) is 5.10 Å². The van der Waals surface area contributed by atoms with Crippen molar-refractivity contribution in [2.24, 2.45) is 11.8 Å². The van der Waals surface area contributed by atoms with Crippen LogP contribution in [-0.2, 0) is 0 Å². The maximum atomic E-state index is 11.2. The number of nitrogens with zero attached hydrogens (tertiary/aromatic N) is 4. The van der Waals surface area contributed by atoms with E-state index in [4.69, 9.17) is 0 Å². The average Bonchev–Trinajstić information content (AvgIpc) is 3.22. The highest BCUT2D eigenvalue weighted by atomic mass is 32.1. The highest BCUT2D eigenvalue weighted by molar-refractivity contribution is 7.19. The number of hydrogen-bond donors (Lipinski definition) is 3. The van der Waals surface area contributed by atoms with Crippen LogP contribution in [0.3, 0.4) is 0 Å². The van der Waals surface area contributed by atoms with Gasteiger partial charge in [0.1, 0.15) is 12.6 Å². The van der Waals surface area contributed by atoms with E-state index in [1.807, 2.05) is 10.7 Å². The van der Waals surface area contributed by atoms with Gasteiger partial charge in [-0.25, -0.2) is 9.50 Å². The van der Waals surface area contributed by atoms with Crippen LogP contribution in [0.15, 0.2) is 24.7 Å². The summed E-state index contributed by atoms with van der Waals surface area (Å²) in [5.74, 6) is 1.84. The zero-order valence-corrected chi connectivity index (χ0v) is 18.9. The lowest BCUT2D eigenvalue weighted by Gasteiger charge is -2.27. The summed E-state index contributed by atoms with van der Waals surface area (Å²) < 4.78 is 3.09. The van der Waals surface area contributed by atoms with E-state index in [2.05, 4.69) is 65.2 Å². The number of likely N-dealkylation sites (N-methyl/N-ethyl adjacent to an activating group) is 1. The van der Waals surface area contributed by atoms with E-state index in [9.17, 15) is 5.11 Å². The molecule has 0 radical (unpaired) electrons. The Hall–Kier alpha value is -2.26. The maximum Gasteiger partial charge on any atom is 0.158 e. The van der Waals surface area contributed by atoms with Crippen molar-refractivity contribution in [1.29, 1.82) is 0 Å². The van der Waals surface area contributed by atoms with Crippen LogP contribution in [0.4, 0.5) is 0 Å². The normalized spacial score (nSPS) is 29.5. The number of nitrogens with one attached hydrogen (secondary N) is 2. The van der Waals surface area contributed by atoms with Crippen LogP contribution in [0, 0.1) is 18.8 Å². The van der Waals surface area contributed by atoms with Gasteiger partial charge in [0.25, 0.3) is 0 Å². The number of thiophene rings is 1. The molecule has 2 aliphatic heterocycles. The molecular weight excluding hydrogens is 408 g/mol. The largest absolute Gasteiger partial charge is 0.373 e. The molecule has 2 bridgehead atoms. The van der Waals surface area contributed by atoms with Crippen LogP contribution in [0.5, 0.6) is 0 Å². The molecule has 2 unspecified atom stereocenters. The van der Waals surface area contributed by atoms with E-state index < -0.39 is 6.23 Å². The van der Waals surface area contributed by atoms with Crippen LogP contribution in [0.2, 0.25) is 0 Å². The van der Waals surface area contributed by atoms with Gasteiger partial charge < -0.3 is 15.4 Å². The maximum absolute atomic E-state index is 11.2. The van der Waals surface area contributed by atoms with Crippen molar-refractivity contribution < 1.29 is 5.11 Å². The minimum atomic E-state index is -0.555. The minimum absolute atomic E-state index is 0.216. The molecule has 4 aromatic rings. The molecule has 2 aliphatic carbocycles. The predicted octanol–water partition coefficient (Wildman–Crippen LogP) is 3.26. The Kier molecular flexibility index (Phi) is 3.40. The van der Waals surface area contributed by atoms with Gasteiger partial charge in [0, 0.05) is 35.8 Å². The van der Waals surface area contributed by atoms with E-state index in [-0.39, 0.29) is 5.54 Å². The number of hydrogen-bond acceptors (Lipinski definition) is 6. The minimum Gasteiger partial charge on any atom is -0.373 e. The van der Waals surface area contributed by atoms with Crippen LogP contribution < -0.4 is 5.32 Å². The fraction of sp³-hybridized carbons (Fsp3) is 0.478. The topological polar surface area (TPSA) is 81.5 Å². The lowest BCUT2D eigenvalue weighted by atomic mass is 9.99. The Balaban J connectivity index is 1.30. The first-order valence-corrected chi connectivity index (χ1v) is 11.8. The fourth-order valence-electron chi connectivity index (χ4n) is 6.37. The molecule has 8 rings (SSSR count). The second kappa shape index (κ2) is 5.75. The number of H-pyrrole nitrogens is 1. The van der Waals surface area contributed by atoms with Crippen molar-refractivity contribution in [1.82, 2.24) is 29.8 Å². The number of fused-ring (bicyclic) bond motifs is 3. The Morgan fingerprint density at radius 3 is 2.90 bits per heavy atom. The molecule has 5 atom stereocenters. The van der Waals surface area contributed by atoms with E-state index in [1.165, 1.54) is 10.3 Å². The molecule has 8 heteroatoms. The van der Waals surface area contributed by atoms with Gasteiger partial charge in [-0.3, -0.25) is 4.90 Å². The van der Waals surface area contributed by atoms with E-state index >= 15 is 0 Å². The first-order chi connectivity index (χ1) is 14.9. The number of aromatic amines is 1. The van der Waals surface area contributed by atoms with Crippen molar-refractivity contribution in [3.8, 4) is 11.3 Å². The molecule has 0 amide bonds. The number of aliphatic hydroxyl groups is 1. The number of aromatic nitrogens is 4. The van der Waals surface area contributed by atoms with Crippen LogP contribution in [-0.4, -0.2) is 54.8 Å². The van der Waals surface area contributed by atoms with E-state index in [0.29, 0.717) is 12.0 Å². The summed E-state index contributed by atoms with van der Waals surface area (Å²) in [7, 11) is 2.09. The molecular formula is C23H26N6OS. The monoisotopic (exact) mass is 434 g/mol. The van der Waals surface area contributed by atoms with Gasteiger partial charge in [0.2, 0.25) is 0 Å². The molecule has 2 saturated heterocycles. The first kappa shape index (κ1) is 18.3. The third-order valence-electron chi connectivity index (χ3n) is 7.94. The lowest BCUT2D eigenvalue weighted by Crippen LogP contribution is -2.36. The number of aliphatic hydroxyl groups excluding tert-OH is 1. The summed E-state index contributed by atoms with van der Waals surface area (Å²) in [5, 5.41) is 19.1. The summed E-state index contributed by atoms with van der Waals surface area (Å²) >= 11 is 1.72. The molecule has 0 aromatic carbocycles. The molecule has 0 spiro atoms.